The predicted octanol–water partition coefficient (Wildman–Crippen LogP) is 0.998. The Hall–Kier alpha value is -2.00. The Morgan fingerprint density at radius 2 is 1.61 bits per heavy atom. The molecular weight excluding hydrogens is 400 g/mol. The van der Waals surface area contributed by atoms with Gasteiger partial charge in [0, 0.05) is 18.6 Å². The lowest BCUT2D eigenvalue weighted by Crippen LogP contribution is -2.60. The highest BCUT2D eigenvalue weighted by atomic mass is 16.7. The van der Waals surface area contributed by atoms with Gasteiger partial charge in [0.25, 0.3) is 0 Å². The molecule has 0 aromatic heterocycles. The molecule has 1 aliphatic rings. The van der Waals surface area contributed by atoms with Gasteiger partial charge in [-0.25, -0.2) is 0 Å². The maximum absolute atomic E-state index is 10.4. The van der Waals surface area contributed by atoms with E-state index in [1.807, 2.05) is 50.2 Å². The van der Waals surface area contributed by atoms with Crippen LogP contribution in [0, 0.1) is 13.8 Å². The monoisotopic (exact) mass is 432 g/mol. The molecule has 1 fully saturated rings. The van der Waals surface area contributed by atoms with Crippen molar-refractivity contribution < 1.29 is 35.0 Å². The summed E-state index contributed by atoms with van der Waals surface area (Å²) in [5.74, 6) is 0.503. The highest BCUT2D eigenvalue weighted by Gasteiger charge is 2.45. The minimum atomic E-state index is -1.49. The SMILES string of the molecule is Cc1cc(C)c(Cc2ccc(CCCO)cc2)c(O[C@@H]2[C@@H](O)[C@H](O)[C@@H](CO)O[C@H]2O)c1. The van der Waals surface area contributed by atoms with Gasteiger partial charge in [0.15, 0.2) is 12.4 Å². The van der Waals surface area contributed by atoms with E-state index < -0.39 is 37.3 Å². The highest BCUT2D eigenvalue weighted by molar-refractivity contribution is 5.46. The van der Waals surface area contributed by atoms with Gasteiger partial charge >= 0.3 is 0 Å². The van der Waals surface area contributed by atoms with E-state index in [2.05, 4.69) is 0 Å². The van der Waals surface area contributed by atoms with Crippen molar-refractivity contribution in [3.63, 3.8) is 0 Å². The van der Waals surface area contributed by atoms with Crippen LogP contribution in [0.5, 0.6) is 5.75 Å². The molecule has 1 aliphatic heterocycles. The minimum absolute atomic E-state index is 0.168. The van der Waals surface area contributed by atoms with Crippen molar-refractivity contribution in [2.24, 2.45) is 0 Å². The van der Waals surface area contributed by atoms with Crippen LogP contribution in [0.1, 0.15) is 34.2 Å². The zero-order chi connectivity index (χ0) is 22.5. The molecule has 7 heteroatoms. The van der Waals surface area contributed by atoms with Gasteiger partial charge in [-0.1, -0.05) is 30.3 Å². The summed E-state index contributed by atoms with van der Waals surface area (Å²) in [7, 11) is 0. The lowest BCUT2D eigenvalue weighted by atomic mass is 9.95. The van der Waals surface area contributed by atoms with Crippen LogP contribution in [0.25, 0.3) is 0 Å². The Balaban J connectivity index is 1.83. The summed E-state index contributed by atoms with van der Waals surface area (Å²) in [6.45, 7) is 3.55. The molecule has 1 heterocycles. The van der Waals surface area contributed by atoms with Crippen LogP contribution in [0.4, 0.5) is 0 Å². The van der Waals surface area contributed by atoms with Crippen LogP contribution < -0.4 is 4.74 Å². The second kappa shape index (κ2) is 10.5. The first-order chi connectivity index (χ1) is 14.8. The molecule has 0 aliphatic carbocycles. The third-order valence-corrected chi connectivity index (χ3v) is 5.71. The molecule has 31 heavy (non-hydrogen) atoms. The number of benzene rings is 2. The molecular formula is C24H32O7. The zero-order valence-electron chi connectivity index (χ0n) is 17.9. The van der Waals surface area contributed by atoms with Gasteiger partial charge in [-0.05, 0) is 55.0 Å². The molecule has 0 radical (unpaired) electrons. The predicted molar refractivity (Wildman–Crippen MR) is 115 cm³/mol. The van der Waals surface area contributed by atoms with E-state index in [1.54, 1.807) is 0 Å². The molecule has 5 N–H and O–H groups in total. The van der Waals surface area contributed by atoms with Crippen molar-refractivity contribution in [1.82, 2.24) is 0 Å². The Labute approximate surface area is 182 Å². The van der Waals surface area contributed by atoms with Crippen molar-refractivity contribution in [1.29, 1.82) is 0 Å². The molecule has 7 nitrogen and oxygen atoms in total. The van der Waals surface area contributed by atoms with E-state index in [1.165, 1.54) is 0 Å². The molecule has 0 spiro atoms. The largest absolute Gasteiger partial charge is 0.482 e. The molecule has 2 aromatic carbocycles. The number of rotatable bonds is 8. The van der Waals surface area contributed by atoms with E-state index in [-0.39, 0.29) is 6.61 Å². The smallest absolute Gasteiger partial charge is 0.195 e. The summed E-state index contributed by atoms with van der Waals surface area (Å²) >= 11 is 0. The number of aliphatic hydroxyl groups excluding tert-OH is 5. The van der Waals surface area contributed by atoms with Crippen molar-refractivity contribution >= 4 is 0 Å². The lowest BCUT2D eigenvalue weighted by molar-refractivity contribution is -0.280. The van der Waals surface area contributed by atoms with Crippen LogP contribution in [0.15, 0.2) is 36.4 Å². The van der Waals surface area contributed by atoms with Gasteiger partial charge in [-0.15, -0.1) is 0 Å². The number of aryl methyl sites for hydroxylation is 3. The number of hydrogen-bond acceptors (Lipinski definition) is 7. The number of aliphatic hydroxyl groups is 5. The Morgan fingerprint density at radius 1 is 0.935 bits per heavy atom. The fourth-order valence-electron chi connectivity index (χ4n) is 3.95. The first-order valence-electron chi connectivity index (χ1n) is 10.6. The van der Waals surface area contributed by atoms with Crippen molar-refractivity contribution in [2.45, 2.75) is 63.8 Å². The quantitative estimate of drug-likeness (QED) is 0.422. The van der Waals surface area contributed by atoms with E-state index in [0.29, 0.717) is 12.2 Å². The second-order valence-corrected chi connectivity index (χ2v) is 8.19. The first kappa shape index (κ1) is 23.7. The van der Waals surface area contributed by atoms with Crippen LogP contribution in [-0.4, -0.2) is 69.5 Å². The topological polar surface area (TPSA) is 120 Å². The van der Waals surface area contributed by atoms with Gasteiger partial charge in [0.05, 0.1) is 6.61 Å². The fraction of sp³-hybridized carbons (Fsp3) is 0.500. The van der Waals surface area contributed by atoms with Crippen LogP contribution in [0.2, 0.25) is 0 Å². The van der Waals surface area contributed by atoms with Crippen LogP contribution >= 0.6 is 0 Å². The van der Waals surface area contributed by atoms with Crippen molar-refractivity contribution in [3.8, 4) is 5.75 Å². The molecule has 3 rings (SSSR count). The molecule has 5 atom stereocenters. The minimum Gasteiger partial charge on any atom is -0.482 e. The average molecular weight is 433 g/mol. The Morgan fingerprint density at radius 3 is 2.26 bits per heavy atom. The first-order valence-corrected chi connectivity index (χ1v) is 10.6. The highest BCUT2D eigenvalue weighted by Crippen LogP contribution is 2.31. The molecule has 2 aromatic rings. The summed E-state index contributed by atoms with van der Waals surface area (Å²) in [6, 6.07) is 12.0. The van der Waals surface area contributed by atoms with Gasteiger partial charge < -0.3 is 35.0 Å². The molecule has 0 bridgehead atoms. The summed E-state index contributed by atoms with van der Waals surface area (Å²) in [5.41, 5.74) is 5.12. The Kier molecular flexibility index (Phi) is 8.05. The maximum atomic E-state index is 10.4. The Bertz CT molecular complexity index is 852. The standard InChI is InChI=1S/C24H32O7/c1-14-10-15(2)18(12-17-7-5-16(6-8-17)4-3-9-25)19(11-14)30-23-22(28)21(27)20(13-26)31-24(23)29/h5-8,10-11,20-29H,3-4,9,12-13H2,1-2H3/t20-,21-,22+,23-,24-/m1/s1. The van der Waals surface area contributed by atoms with Crippen LogP contribution in [-0.2, 0) is 17.6 Å². The molecule has 0 saturated carbocycles. The van der Waals surface area contributed by atoms with Crippen LogP contribution in [0.3, 0.4) is 0 Å². The van der Waals surface area contributed by atoms with Gasteiger partial charge in [0.1, 0.15) is 24.1 Å². The van der Waals surface area contributed by atoms with E-state index in [0.717, 1.165) is 40.7 Å². The number of ether oxygens (including phenoxy) is 2. The molecule has 0 unspecified atom stereocenters. The fourth-order valence-corrected chi connectivity index (χ4v) is 3.95. The number of hydrogen-bond donors (Lipinski definition) is 5. The maximum Gasteiger partial charge on any atom is 0.195 e. The molecule has 170 valence electrons. The van der Waals surface area contributed by atoms with Crippen molar-refractivity contribution in [3.05, 3.63) is 64.2 Å². The zero-order valence-corrected chi connectivity index (χ0v) is 17.9. The van der Waals surface area contributed by atoms with E-state index >= 15 is 0 Å². The summed E-state index contributed by atoms with van der Waals surface area (Å²) in [5, 5.41) is 49.2. The van der Waals surface area contributed by atoms with Gasteiger partial charge in [-0.3, -0.25) is 0 Å². The van der Waals surface area contributed by atoms with E-state index in [4.69, 9.17) is 14.6 Å². The molecule has 1 saturated heterocycles. The van der Waals surface area contributed by atoms with E-state index in [9.17, 15) is 20.4 Å². The van der Waals surface area contributed by atoms with Gasteiger partial charge in [-0.2, -0.15) is 0 Å². The third kappa shape index (κ3) is 5.63. The molecule has 0 amide bonds. The lowest BCUT2D eigenvalue weighted by Gasteiger charge is -2.40. The summed E-state index contributed by atoms with van der Waals surface area (Å²) in [6.07, 6.45) is -4.42. The summed E-state index contributed by atoms with van der Waals surface area (Å²) < 4.78 is 11.2. The summed E-state index contributed by atoms with van der Waals surface area (Å²) in [4.78, 5) is 0. The van der Waals surface area contributed by atoms with Gasteiger partial charge in [0.2, 0.25) is 0 Å². The average Bonchev–Trinajstić information content (AvgIpc) is 2.75. The third-order valence-electron chi connectivity index (χ3n) is 5.71. The second-order valence-electron chi connectivity index (χ2n) is 8.19. The van der Waals surface area contributed by atoms with Crippen molar-refractivity contribution in [2.75, 3.05) is 13.2 Å². The normalized spacial score (nSPS) is 26.1.